The van der Waals surface area contributed by atoms with Gasteiger partial charge in [0.1, 0.15) is 5.60 Å². The number of benzene rings is 1. The van der Waals surface area contributed by atoms with Crippen LogP contribution in [0.15, 0.2) is 12.1 Å². The summed E-state index contributed by atoms with van der Waals surface area (Å²) in [6.07, 6.45) is 1.95. The second kappa shape index (κ2) is 6.48. The lowest BCUT2D eigenvalue weighted by atomic mass is 9.81. The number of piperidine rings is 1. The van der Waals surface area contributed by atoms with Gasteiger partial charge in [-0.05, 0) is 64.5 Å². The van der Waals surface area contributed by atoms with E-state index in [0.717, 1.165) is 12.8 Å². The molecule has 2 aliphatic heterocycles. The van der Waals surface area contributed by atoms with Crippen LogP contribution >= 0.6 is 0 Å². The molecule has 2 atom stereocenters. The molecule has 2 aliphatic rings. The van der Waals surface area contributed by atoms with Gasteiger partial charge in [0.15, 0.2) is 11.6 Å². The highest BCUT2D eigenvalue weighted by atomic mass is 19.2. The number of hydrogen-bond donors (Lipinski definition) is 1. The van der Waals surface area contributed by atoms with E-state index in [1.165, 1.54) is 19.1 Å². The molecule has 26 heavy (non-hydrogen) atoms. The van der Waals surface area contributed by atoms with Gasteiger partial charge in [0.05, 0.1) is 5.60 Å². The summed E-state index contributed by atoms with van der Waals surface area (Å²) in [5.74, 6) is -1.75. The highest BCUT2D eigenvalue weighted by Crippen LogP contribution is 2.43. The average Bonchev–Trinajstić information content (AvgIpc) is 2.79. The van der Waals surface area contributed by atoms with Crippen LogP contribution in [0.3, 0.4) is 0 Å². The van der Waals surface area contributed by atoms with Gasteiger partial charge in [-0.25, -0.2) is 13.6 Å². The Morgan fingerprint density at radius 1 is 1.23 bits per heavy atom. The van der Waals surface area contributed by atoms with Crippen LogP contribution in [-0.2, 0) is 11.2 Å². The maximum Gasteiger partial charge on any atom is 0.410 e. The Morgan fingerprint density at radius 3 is 2.35 bits per heavy atom. The van der Waals surface area contributed by atoms with Gasteiger partial charge >= 0.3 is 6.09 Å². The quantitative estimate of drug-likeness (QED) is 0.856. The fourth-order valence-electron chi connectivity index (χ4n) is 4.26. The molecule has 0 spiro atoms. The number of fused-ring (bicyclic) bond motifs is 2. The van der Waals surface area contributed by atoms with E-state index in [1.807, 2.05) is 20.8 Å². The minimum absolute atomic E-state index is 0.0468. The first-order chi connectivity index (χ1) is 12.0. The predicted molar refractivity (Wildman–Crippen MR) is 93.9 cm³/mol. The van der Waals surface area contributed by atoms with E-state index in [4.69, 9.17) is 4.74 Å². The number of ether oxygens (including phenoxy) is 1. The van der Waals surface area contributed by atoms with Crippen LogP contribution in [0.4, 0.5) is 13.6 Å². The zero-order valence-electron chi connectivity index (χ0n) is 15.8. The van der Waals surface area contributed by atoms with Gasteiger partial charge in [-0.3, -0.25) is 0 Å². The summed E-state index contributed by atoms with van der Waals surface area (Å²) >= 11 is 0. The van der Waals surface area contributed by atoms with Crippen LogP contribution in [0, 0.1) is 18.6 Å². The Kier molecular flexibility index (Phi) is 4.76. The van der Waals surface area contributed by atoms with Crippen LogP contribution < -0.4 is 0 Å². The topological polar surface area (TPSA) is 49.8 Å². The molecule has 1 N–H and O–H groups in total. The van der Waals surface area contributed by atoms with Gasteiger partial charge in [-0.15, -0.1) is 0 Å². The van der Waals surface area contributed by atoms with Crippen molar-refractivity contribution in [3.8, 4) is 0 Å². The lowest BCUT2D eigenvalue weighted by Crippen LogP contribution is -2.55. The summed E-state index contributed by atoms with van der Waals surface area (Å²) in [6, 6.07) is 2.80. The smallest absolute Gasteiger partial charge is 0.410 e. The summed E-state index contributed by atoms with van der Waals surface area (Å²) in [6.45, 7) is 6.97. The van der Waals surface area contributed by atoms with E-state index >= 15 is 0 Å². The number of carbonyl (C=O) groups is 1. The average molecular weight is 367 g/mol. The molecule has 1 aromatic carbocycles. The van der Waals surface area contributed by atoms with Gasteiger partial charge in [-0.2, -0.15) is 0 Å². The number of aliphatic hydroxyl groups is 1. The van der Waals surface area contributed by atoms with Crippen molar-refractivity contribution >= 4 is 6.09 Å². The molecular weight excluding hydrogens is 340 g/mol. The third-order valence-corrected chi connectivity index (χ3v) is 5.33. The third kappa shape index (κ3) is 3.70. The van der Waals surface area contributed by atoms with E-state index in [9.17, 15) is 18.7 Å². The number of nitrogens with zero attached hydrogens (tertiary/aromatic N) is 1. The number of amides is 1. The van der Waals surface area contributed by atoms with Crippen molar-refractivity contribution in [3.63, 3.8) is 0 Å². The van der Waals surface area contributed by atoms with Crippen LogP contribution in [-0.4, -0.2) is 39.4 Å². The van der Waals surface area contributed by atoms with Crippen LogP contribution in [0.5, 0.6) is 0 Å². The van der Waals surface area contributed by atoms with Gasteiger partial charge < -0.3 is 14.7 Å². The van der Waals surface area contributed by atoms with Crippen molar-refractivity contribution in [2.45, 2.75) is 83.1 Å². The Balaban J connectivity index is 1.75. The summed E-state index contributed by atoms with van der Waals surface area (Å²) < 4.78 is 33.5. The van der Waals surface area contributed by atoms with E-state index in [0.29, 0.717) is 12.8 Å². The molecule has 4 nitrogen and oxygen atoms in total. The van der Waals surface area contributed by atoms with Crippen molar-refractivity contribution in [3.05, 3.63) is 34.9 Å². The van der Waals surface area contributed by atoms with Gasteiger partial charge in [0.2, 0.25) is 0 Å². The lowest BCUT2D eigenvalue weighted by molar-refractivity contribution is -0.0583. The van der Waals surface area contributed by atoms with Gasteiger partial charge in [-0.1, -0.05) is 12.1 Å². The first-order valence-electron chi connectivity index (χ1n) is 9.16. The molecule has 2 saturated heterocycles. The predicted octanol–water partition coefficient (Wildman–Crippen LogP) is 4.11. The lowest BCUT2D eigenvalue weighted by Gasteiger charge is -2.44. The minimum Gasteiger partial charge on any atom is -0.444 e. The van der Waals surface area contributed by atoms with Crippen molar-refractivity contribution in [2.24, 2.45) is 0 Å². The first kappa shape index (κ1) is 19.1. The van der Waals surface area contributed by atoms with E-state index in [-0.39, 0.29) is 35.7 Å². The molecule has 6 heteroatoms. The number of hydrogen-bond acceptors (Lipinski definition) is 3. The molecular formula is C20H27F2NO3. The van der Waals surface area contributed by atoms with Crippen molar-refractivity contribution < 1.29 is 23.4 Å². The SMILES string of the molecule is Cc1ccc(CC2(O)CC3CCC(C2)N3C(=O)OC(C)(C)C)c(F)c1F. The fourth-order valence-corrected chi connectivity index (χ4v) is 4.26. The Morgan fingerprint density at radius 2 is 1.81 bits per heavy atom. The monoisotopic (exact) mass is 367 g/mol. The molecule has 0 saturated carbocycles. The number of halogens is 2. The maximum absolute atomic E-state index is 14.2. The minimum atomic E-state index is -1.15. The number of carbonyl (C=O) groups excluding carboxylic acids is 1. The zero-order valence-corrected chi connectivity index (χ0v) is 15.8. The zero-order chi connectivity index (χ0) is 19.3. The van der Waals surface area contributed by atoms with Crippen molar-refractivity contribution in [1.29, 1.82) is 0 Å². The van der Waals surface area contributed by atoms with E-state index < -0.39 is 22.8 Å². The molecule has 0 aliphatic carbocycles. The Bertz CT molecular complexity index is 700. The second-order valence-corrected chi connectivity index (χ2v) is 8.75. The second-order valence-electron chi connectivity index (χ2n) is 8.75. The molecule has 1 amide bonds. The summed E-state index contributed by atoms with van der Waals surface area (Å²) in [5, 5.41) is 11.1. The molecule has 2 unspecified atom stereocenters. The number of aryl methyl sites for hydroxylation is 1. The highest BCUT2D eigenvalue weighted by molar-refractivity contribution is 5.69. The highest BCUT2D eigenvalue weighted by Gasteiger charge is 2.50. The molecule has 2 heterocycles. The molecule has 0 aromatic heterocycles. The van der Waals surface area contributed by atoms with E-state index in [1.54, 1.807) is 4.90 Å². The van der Waals surface area contributed by atoms with E-state index in [2.05, 4.69) is 0 Å². The van der Waals surface area contributed by atoms with Crippen molar-refractivity contribution in [1.82, 2.24) is 4.90 Å². The van der Waals surface area contributed by atoms with Gasteiger partial charge in [0, 0.05) is 18.5 Å². The Labute approximate surface area is 153 Å². The molecule has 0 radical (unpaired) electrons. The standard InChI is InChI=1S/C20H27F2NO3/c1-12-5-6-13(17(22)16(12)21)9-20(25)10-14-7-8-15(11-20)23(14)18(24)26-19(2,3)4/h5-6,14-15,25H,7-11H2,1-4H3. The number of rotatable bonds is 2. The fraction of sp³-hybridized carbons (Fsp3) is 0.650. The molecule has 2 fully saturated rings. The van der Waals surface area contributed by atoms with Crippen molar-refractivity contribution in [2.75, 3.05) is 0 Å². The van der Waals surface area contributed by atoms with Crippen LogP contribution in [0.1, 0.15) is 57.6 Å². The first-order valence-corrected chi connectivity index (χ1v) is 9.16. The summed E-state index contributed by atoms with van der Waals surface area (Å²) in [4.78, 5) is 14.2. The largest absolute Gasteiger partial charge is 0.444 e. The van der Waals surface area contributed by atoms with Gasteiger partial charge in [0.25, 0.3) is 0 Å². The molecule has 3 rings (SSSR count). The maximum atomic E-state index is 14.2. The summed E-state index contributed by atoms with van der Waals surface area (Å²) in [7, 11) is 0. The third-order valence-electron chi connectivity index (χ3n) is 5.33. The molecule has 144 valence electrons. The van der Waals surface area contributed by atoms with Crippen LogP contribution in [0.2, 0.25) is 0 Å². The molecule has 2 bridgehead atoms. The van der Waals surface area contributed by atoms with Crippen LogP contribution in [0.25, 0.3) is 0 Å². The Hall–Kier alpha value is -1.69. The summed E-state index contributed by atoms with van der Waals surface area (Å²) in [5.41, 5.74) is -1.29. The molecule has 1 aromatic rings. The normalized spacial score (nSPS) is 28.3.